The molecule has 1 aliphatic rings. The number of aromatic nitrogens is 3. The quantitative estimate of drug-likeness (QED) is 0.893. The van der Waals surface area contributed by atoms with Gasteiger partial charge in [-0.3, -0.25) is 4.72 Å². The highest BCUT2D eigenvalue weighted by molar-refractivity contribution is 7.92. The van der Waals surface area contributed by atoms with Crippen molar-refractivity contribution >= 4 is 21.5 Å². The molecule has 0 atom stereocenters. The summed E-state index contributed by atoms with van der Waals surface area (Å²) in [6, 6.07) is 3.56. The standard InChI is InChI=1S/C13H17N5O2S/c1-10-14-9-13(16-10)21(19,20)17-11-4-5-12(15-8-11)18-6-2-3-7-18/h4-5,8-9,17H,2-3,6-7H2,1H3,(H,14,16). The van der Waals surface area contributed by atoms with E-state index in [0.29, 0.717) is 11.5 Å². The first-order chi connectivity index (χ1) is 10.0. The van der Waals surface area contributed by atoms with Gasteiger partial charge in [0.25, 0.3) is 10.0 Å². The maximum atomic E-state index is 12.1. The Morgan fingerprint density at radius 1 is 1.19 bits per heavy atom. The van der Waals surface area contributed by atoms with E-state index in [1.54, 1.807) is 13.0 Å². The number of H-pyrrole nitrogens is 1. The normalized spacial score (nSPS) is 15.4. The van der Waals surface area contributed by atoms with Gasteiger partial charge in [0.05, 0.1) is 18.1 Å². The lowest BCUT2D eigenvalue weighted by atomic mass is 10.4. The molecule has 1 aliphatic heterocycles. The summed E-state index contributed by atoms with van der Waals surface area (Å²) in [6.07, 6.45) is 5.18. The number of anilines is 2. The van der Waals surface area contributed by atoms with Crippen molar-refractivity contribution in [2.75, 3.05) is 22.7 Å². The van der Waals surface area contributed by atoms with E-state index in [1.165, 1.54) is 25.2 Å². The summed E-state index contributed by atoms with van der Waals surface area (Å²) < 4.78 is 26.8. The number of aromatic amines is 1. The average molecular weight is 307 g/mol. The minimum Gasteiger partial charge on any atom is -0.357 e. The van der Waals surface area contributed by atoms with Crippen LogP contribution in [0.3, 0.4) is 0 Å². The van der Waals surface area contributed by atoms with Crippen molar-refractivity contribution in [1.29, 1.82) is 0 Å². The lowest BCUT2D eigenvalue weighted by molar-refractivity contribution is 0.598. The molecule has 0 radical (unpaired) electrons. The Bertz CT molecular complexity index is 717. The number of rotatable bonds is 4. The molecule has 112 valence electrons. The Morgan fingerprint density at radius 2 is 1.95 bits per heavy atom. The summed E-state index contributed by atoms with van der Waals surface area (Å²) in [5, 5.41) is 0.0450. The van der Waals surface area contributed by atoms with Crippen molar-refractivity contribution in [3.05, 3.63) is 30.4 Å². The zero-order valence-corrected chi connectivity index (χ0v) is 12.5. The molecule has 1 fully saturated rings. The lowest BCUT2D eigenvalue weighted by Gasteiger charge is -2.16. The van der Waals surface area contributed by atoms with Crippen molar-refractivity contribution in [3.8, 4) is 0 Å². The van der Waals surface area contributed by atoms with Crippen molar-refractivity contribution < 1.29 is 8.42 Å². The highest BCUT2D eigenvalue weighted by atomic mass is 32.2. The first-order valence-electron chi connectivity index (χ1n) is 6.80. The van der Waals surface area contributed by atoms with Crippen molar-refractivity contribution in [1.82, 2.24) is 15.0 Å². The Morgan fingerprint density at radius 3 is 2.52 bits per heavy atom. The summed E-state index contributed by atoms with van der Waals surface area (Å²) in [5.74, 6) is 1.44. The van der Waals surface area contributed by atoms with Crippen LogP contribution < -0.4 is 9.62 Å². The third-order valence-electron chi connectivity index (χ3n) is 3.40. The molecule has 7 nitrogen and oxygen atoms in total. The Balaban J connectivity index is 1.75. The number of nitrogens with one attached hydrogen (secondary N) is 2. The van der Waals surface area contributed by atoms with Crippen LogP contribution in [0.25, 0.3) is 0 Å². The van der Waals surface area contributed by atoms with E-state index in [2.05, 4.69) is 24.6 Å². The summed E-state index contributed by atoms with van der Waals surface area (Å²) in [6.45, 7) is 3.71. The van der Waals surface area contributed by atoms with Gasteiger partial charge in [-0.25, -0.2) is 9.97 Å². The van der Waals surface area contributed by atoms with E-state index >= 15 is 0 Å². The molecule has 3 heterocycles. The molecule has 2 aromatic heterocycles. The molecular weight excluding hydrogens is 290 g/mol. The first-order valence-corrected chi connectivity index (χ1v) is 8.28. The average Bonchev–Trinajstić information content (AvgIpc) is 3.10. The highest BCUT2D eigenvalue weighted by Crippen LogP contribution is 2.20. The van der Waals surface area contributed by atoms with E-state index in [0.717, 1.165) is 18.9 Å². The zero-order valence-electron chi connectivity index (χ0n) is 11.7. The van der Waals surface area contributed by atoms with Crippen molar-refractivity contribution in [2.45, 2.75) is 24.8 Å². The summed E-state index contributed by atoms with van der Waals surface area (Å²) in [7, 11) is -3.65. The molecule has 8 heteroatoms. The monoisotopic (exact) mass is 307 g/mol. The second-order valence-corrected chi connectivity index (χ2v) is 6.69. The van der Waals surface area contributed by atoms with E-state index in [4.69, 9.17) is 0 Å². The maximum absolute atomic E-state index is 12.1. The topological polar surface area (TPSA) is 91.0 Å². The van der Waals surface area contributed by atoms with Gasteiger partial charge in [-0.05, 0) is 31.9 Å². The number of hydrogen-bond donors (Lipinski definition) is 2. The van der Waals surface area contributed by atoms with E-state index in [9.17, 15) is 8.42 Å². The number of sulfonamides is 1. The fourth-order valence-electron chi connectivity index (χ4n) is 2.32. The molecule has 0 aromatic carbocycles. The molecule has 2 N–H and O–H groups in total. The summed E-state index contributed by atoms with van der Waals surface area (Å²) in [4.78, 5) is 13.1. The molecule has 21 heavy (non-hydrogen) atoms. The van der Waals surface area contributed by atoms with Gasteiger partial charge in [-0.15, -0.1) is 0 Å². The second kappa shape index (κ2) is 5.36. The Hall–Kier alpha value is -2.09. The SMILES string of the molecule is Cc1ncc(S(=O)(=O)Nc2ccc(N3CCCC3)nc2)[nH]1. The number of imidazole rings is 1. The molecule has 0 amide bonds. The minimum atomic E-state index is -3.65. The summed E-state index contributed by atoms with van der Waals surface area (Å²) in [5.41, 5.74) is 0.435. The van der Waals surface area contributed by atoms with Crippen LogP contribution in [-0.2, 0) is 10.0 Å². The van der Waals surface area contributed by atoms with Crippen LogP contribution in [0.4, 0.5) is 11.5 Å². The fourth-order valence-corrected chi connectivity index (χ4v) is 3.34. The smallest absolute Gasteiger partial charge is 0.279 e. The maximum Gasteiger partial charge on any atom is 0.279 e. The van der Waals surface area contributed by atoms with Crippen LogP contribution in [0.15, 0.2) is 29.6 Å². The highest BCUT2D eigenvalue weighted by Gasteiger charge is 2.17. The van der Waals surface area contributed by atoms with Crippen molar-refractivity contribution in [2.24, 2.45) is 0 Å². The fraction of sp³-hybridized carbons (Fsp3) is 0.385. The molecule has 0 unspecified atom stereocenters. The van der Waals surface area contributed by atoms with Crippen LogP contribution >= 0.6 is 0 Å². The molecule has 0 spiro atoms. The summed E-state index contributed by atoms with van der Waals surface area (Å²) >= 11 is 0. The Labute approximate surface area is 123 Å². The molecule has 1 saturated heterocycles. The molecule has 0 aliphatic carbocycles. The largest absolute Gasteiger partial charge is 0.357 e. The van der Waals surface area contributed by atoms with Crippen LogP contribution in [0.2, 0.25) is 0 Å². The number of hydrogen-bond acceptors (Lipinski definition) is 5. The second-order valence-electron chi connectivity index (χ2n) is 5.04. The predicted molar refractivity (Wildman–Crippen MR) is 79.8 cm³/mol. The van der Waals surface area contributed by atoms with Crippen molar-refractivity contribution in [3.63, 3.8) is 0 Å². The number of pyridine rings is 1. The first kappa shape index (κ1) is 13.9. The van der Waals surface area contributed by atoms with Crippen LogP contribution in [0.1, 0.15) is 18.7 Å². The third kappa shape index (κ3) is 2.99. The van der Waals surface area contributed by atoms with Gasteiger partial charge >= 0.3 is 0 Å². The van der Waals surface area contributed by atoms with Gasteiger partial charge in [0.1, 0.15) is 11.6 Å². The van der Waals surface area contributed by atoms with Crippen LogP contribution in [0.5, 0.6) is 0 Å². The van der Waals surface area contributed by atoms with Gasteiger partial charge in [-0.1, -0.05) is 0 Å². The van der Waals surface area contributed by atoms with Gasteiger partial charge in [0.2, 0.25) is 0 Å². The molecule has 0 bridgehead atoms. The molecule has 2 aromatic rings. The molecule has 0 saturated carbocycles. The Kier molecular flexibility index (Phi) is 3.54. The minimum absolute atomic E-state index is 0.0450. The number of aryl methyl sites for hydroxylation is 1. The number of nitrogens with zero attached hydrogens (tertiary/aromatic N) is 3. The van der Waals surface area contributed by atoms with E-state index < -0.39 is 10.0 Å². The van der Waals surface area contributed by atoms with Crippen LogP contribution in [-0.4, -0.2) is 36.5 Å². The van der Waals surface area contributed by atoms with Crippen LogP contribution in [0, 0.1) is 6.92 Å². The molecule has 3 rings (SSSR count). The van der Waals surface area contributed by atoms with E-state index in [-0.39, 0.29) is 5.03 Å². The lowest BCUT2D eigenvalue weighted by Crippen LogP contribution is -2.19. The van der Waals surface area contributed by atoms with Gasteiger partial charge in [0.15, 0.2) is 5.03 Å². The zero-order chi connectivity index (χ0) is 14.9. The molecular formula is C13H17N5O2S. The van der Waals surface area contributed by atoms with E-state index in [1.807, 2.05) is 6.07 Å². The van der Waals surface area contributed by atoms with Gasteiger partial charge < -0.3 is 9.88 Å². The van der Waals surface area contributed by atoms with Gasteiger partial charge in [0, 0.05) is 13.1 Å². The van der Waals surface area contributed by atoms with Gasteiger partial charge in [-0.2, -0.15) is 8.42 Å². The predicted octanol–water partition coefficient (Wildman–Crippen LogP) is 1.51. The third-order valence-corrected chi connectivity index (χ3v) is 4.69.